The molecule has 7 aromatic rings. The molecule has 0 unspecified atom stereocenters. The molecule has 0 N–H and O–H groups in total. The van der Waals surface area contributed by atoms with Crippen molar-refractivity contribution in [2.24, 2.45) is 0 Å². The summed E-state index contributed by atoms with van der Waals surface area (Å²) in [5.74, 6) is 6.08. The molecule has 12 heteroatoms. The first-order chi connectivity index (χ1) is 50.3. The van der Waals surface area contributed by atoms with Gasteiger partial charge in [0, 0.05) is 6.07 Å². The molecule has 0 radical (unpaired) electrons. The van der Waals surface area contributed by atoms with Crippen molar-refractivity contribution in [2.45, 2.75) is 273 Å². The number of unbranched alkanes of at least 4 members (excludes halogenated alkanes) is 28. The third-order valence-electron chi connectivity index (χ3n) is 18.5. The molecule has 0 bridgehead atoms. The molecule has 102 heavy (non-hydrogen) atoms. The average Bonchev–Trinajstić information content (AvgIpc) is 0.851. The van der Waals surface area contributed by atoms with Gasteiger partial charge >= 0.3 is 5.97 Å². The first kappa shape index (κ1) is 81.3. The number of ether oxygens (including phenoxy) is 11. The lowest BCUT2D eigenvalue weighted by atomic mass is 10.1. The van der Waals surface area contributed by atoms with Crippen molar-refractivity contribution in [1.82, 2.24) is 0 Å². The third kappa shape index (κ3) is 33.9. The molecule has 0 aliphatic rings. The number of esters is 1. The van der Waals surface area contributed by atoms with Crippen LogP contribution in [0.1, 0.15) is 277 Å². The summed E-state index contributed by atoms with van der Waals surface area (Å²) in [6.07, 6.45) is 40.3. The Morgan fingerprint density at radius 3 is 0.725 bits per heavy atom. The summed E-state index contributed by atoms with van der Waals surface area (Å²) in [4.78, 5) is 13.2. The largest absolute Gasteiger partial charge is 0.494 e. The maximum absolute atomic E-state index is 13.2. The van der Waals surface area contributed by atoms with Gasteiger partial charge in [-0.15, -0.1) is 0 Å². The number of hydrogen-bond acceptors (Lipinski definition) is 12. The number of carbonyl (C=O) groups is 1. The maximum Gasteiger partial charge on any atom is 0.338 e. The fourth-order valence-corrected chi connectivity index (χ4v) is 12.1. The van der Waals surface area contributed by atoms with Crippen LogP contribution in [-0.2, 0) is 44.4 Å². The lowest BCUT2D eigenvalue weighted by Gasteiger charge is -2.16. The molecule has 0 saturated heterocycles. The number of hydrogen-bond donors (Lipinski definition) is 0. The van der Waals surface area contributed by atoms with Crippen LogP contribution in [0.3, 0.4) is 0 Å². The van der Waals surface area contributed by atoms with Gasteiger partial charge in [0.25, 0.3) is 0 Å². The van der Waals surface area contributed by atoms with Crippen molar-refractivity contribution in [3.8, 4) is 57.5 Å². The van der Waals surface area contributed by atoms with E-state index in [1.54, 1.807) is 18.2 Å². The van der Waals surface area contributed by atoms with Crippen LogP contribution in [0.5, 0.6) is 57.5 Å². The molecule has 0 aromatic heterocycles. The molecule has 0 heterocycles. The minimum Gasteiger partial charge on any atom is -0.494 e. The molecular weight excluding hydrogens is 1270 g/mol. The highest BCUT2D eigenvalue weighted by molar-refractivity contribution is 5.90. The van der Waals surface area contributed by atoms with Crippen LogP contribution in [0.25, 0.3) is 0 Å². The van der Waals surface area contributed by atoms with Crippen LogP contribution in [0, 0.1) is 0 Å². The molecule has 0 amide bonds. The van der Waals surface area contributed by atoms with Gasteiger partial charge in [0.15, 0.2) is 23.0 Å². The second-order valence-corrected chi connectivity index (χ2v) is 27.3. The van der Waals surface area contributed by atoms with Crippen molar-refractivity contribution >= 4 is 5.97 Å². The van der Waals surface area contributed by atoms with Gasteiger partial charge in [0.1, 0.15) is 74.1 Å². The molecule has 0 saturated carbocycles. The predicted octanol–water partition coefficient (Wildman–Crippen LogP) is 25.0. The van der Waals surface area contributed by atoms with E-state index in [9.17, 15) is 4.79 Å². The second-order valence-electron chi connectivity index (χ2n) is 27.3. The molecular formula is C90H124O12. The zero-order valence-electron chi connectivity index (χ0n) is 63.0. The summed E-state index contributed by atoms with van der Waals surface area (Å²) in [6, 6.07) is 49.3. The summed E-state index contributed by atoms with van der Waals surface area (Å²) in [6.45, 7) is 13.5. The molecule has 12 nitrogen and oxygen atoms in total. The molecule has 0 aliphatic carbocycles. The molecule has 0 fully saturated rings. The van der Waals surface area contributed by atoms with Crippen molar-refractivity contribution in [2.75, 3.05) is 33.5 Å². The first-order valence-corrected chi connectivity index (χ1v) is 39.4. The maximum atomic E-state index is 13.2. The van der Waals surface area contributed by atoms with E-state index in [-0.39, 0.29) is 18.8 Å². The lowest BCUT2D eigenvalue weighted by molar-refractivity contribution is 0.0599. The number of methoxy groups -OCH3 is 1. The van der Waals surface area contributed by atoms with Crippen molar-refractivity contribution in [1.29, 1.82) is 0 Å². The minimum absolute atomic E-state index is 0.153. The minimum atomic E-state index is -0.521. The standard InChI is InChI=1S/C90H124O12/c1-6-10-14-18-22-26-30-34-58-93-80-48-38-73(39-49-80)67-99-86-56-46-77(62-88(86)101-69-75-42-52-82(53-43-75)95-60-36-32-28-24-20-16-12-8-3)71-97-84-64-79(90(91)92-5)65-85(66-84)98-72-78-47-57-87(100-68-74-40-50-81(51-41-74)94-59-35-31-27-23-19-15-11-7-2)89(63-78)102-70-76-44-54-83(55-45-76)96-61-37-33-29-25-21-17-13-9-4/h38-57,62-66H,6-37,58-61,67-72H2,1-5H3. The van der Waals surface area contributed by atoms with Crippen molar-refractivity contribution in [3.05, 3.63) is 191 Å². The lowest BCUT2D eigenvalue weighted by Crippen LogP contribution is -2.05. The number of benzene rings is 7. The van der Waals surface area contributed by atoms with Crippen LogP contribution in [0.15, 0.2) is 152 Å². The normalized spacial score (nSPS) is 11.1. The second kappa shape index (κ2) is 51.2. The summed E-state index contributed by atoms with van der Waals surface area (Å²) >= 11 is 0. The molecule has 7 rings (SSSR count). The summed E-state index contributed by atoms with van der Waals surface area (Å²) < 4.78 is 68.8. The summed E-state index contributed by atoms with van der Waals surface area (Å²) in [5, 5.41) is 0. The monoisotopic (exact) mass is 1400 g/mol. The van der Waals surface area contributed by atoms with Gasteiger partial charge in [0.2, 0.25) is 0 Å². The average molecular weight is 1400 g/mol. The first-order valence-electron chi connectivity index (χ1n) is 39.4. The Morgan fingerprint density at radius 2 is 0.461 bits per heavy atom. The Bertz CT molecular complexity index is 3080. The van der Waals surface area contributed by atoms with E-state index in [4.69, 9.17) is 52.1 Å². The highest BCUT2D eigenvalue weighted by Gasteiger charge is 2.16. The quantitative estimate of drug-likeness (QED) is 0.0267. The van der Waals surface area contributed by atoms with Gasteiger partial charge in [-0.3, -0.25) is 0 Å². The van der Waals surface area contributed by atoms with Crippen LogP contribution in [-0.4, -0.2) is 39.5 Å². The number of carbonyl (C=O) groups excluding carboxylic acids is 1. The van der Waals surface area contributed by atoms with Crippen LogP contribution >= 0.6 is 0 Å². The van der Waals surface area contributed by atoms with Gasteiger partial charge < -0.3 is 52.1 Å². The van der Waals surface area contributed by atoms with E-state index in [1.165, 1.54) is 187 Å². The van der Waals surface area contributed by atoms with Crippen LogP contribution in [0.4, 0.5) is 0 Å². The Balaban J connectivity index is 0.991. The molecule has 0 aliphatic heterocycles. The van der Waals surface area contributed by atoms with Crippen LogP contribution in [0.2, 0.25) is 0 Å². The van der Waals surface area contributed by atoms with E-state index in [1.807, 2.05) is 109 Å². The van der Waals surface area contributed by atoms with E-state index in [2.05, 4.69) is 52.0 Å². The Labute approximate surface area is 614 Å². The highest BCUT2D eigenvalue weighted by atomic mass is 16.5. The predicted molar refractivity (Wildman–Crippen MR) is 415 cm³/mol. The van der Waals surface area contributed by atoms with Gasteiger partial charge in [-0.2, -0.15) is 0 Å². The fourth-order valence-electron chi connectivity index (χ4n) is 12.1. The van der Waals surface area contributed by atoms with Gasteiger partial charge in [0.05, 0.1) is 39.1 Å². The SMILES string of the molecule is CCCCCCCCCCOc1ccc(COc2ccc(COc3cc(OCc4ccc(OCc5ccc(OCCCCCCCCCC)cc5)c(OCc5ccc(OCCCCCCCCCC)cc5)c4)cc(C(=O)OC)c3)cc2OCc2ccc(OCCCCCCCCCC)cc2)cc1. The van der Waals surface area contributed by atoms with Gasteiger partial charge in [-0.25, -0.2) is 4.79 Å². The van der Waals surface area contributed by atoms with E-state index in [0.717, 1.165) is 82.1 Å². The van der Waals surface area contributed by atoms with E-state index >= 15 is 0 Å². The highest BCUT2D eigenvalue weighted by Crippen LogP contribution is 2.35. The molecule has 0 spiro atoms. The Morgan fingerprint density at radius 1 is 0.225 bits per heavy atom. The zero-order chi connectivity index (χ0) is 71.5. The van der Waals surface area contributed by atoms with Crippen molar-refractivity contribution < 1.29 is 56.9 Å². The molecule has 7 aromatic carbocycles. The molecule has 556 valence electrons. The van der Waals surface area contributed by atoms with Gasteiger partial charge in [-0.05, 0) is 144 Å². The summed E-state index contributed by atoms with van der Waals surface area (Å²) in [5.41, 5.74) is 5.94. The smallest absolute Gasteiger partial charge is 0.338 e. The Hall–Kier alpha value is -7.99. The van der Waals surface area contributed by atoms with E-state index < -0.39 is 5.97 Å². The molecule has 0 atom stereocenters. The summed E-state index contributed by atoms with van der Waals surface area (Å²) in [7, 11) is 1.36. The topological polar surface area (TPSA) is 119 Å². The van der Waals surface area contributed by atoms with Crippen molar-refractivity contribution in [3.63, 3.8) is 0 Å². The third-order valence-corrected chi connectivity index (χ3v) is 18.5. The van der Waals surface area contributed by atoms with Gasteiger partial charge in [-0.1, -0.05) is 268 Å². The Kier molecular flexibility index (Phi) is 40.8. The van der Waals surface area contributed by atoms with Crippen LogP contribution < -0.4 is 47.4 Å². The fraction of sp³-hybridized carbons (Fsp3) is 0.522. The van der Waals surface area contributed by atoms with E-state index in [0.29, 0.717) is 87.4 Å². The zero-order valence-corrected chi connectivity index (χ0v) is 63.0. The number of rotatable bonds is 59.